The van der Waals surface area contributed by atoms with E-state index in [2.05, 4.69) is 15.6 Å². The van der Waals surface area contributed by atoms with Crippen molar-refractivity contribution in [1.29, 1.82) is 0 Å². The van der Waals surface area contributed by atoms with Crippen molar-refractivity contribution in [3.05, 3.63) is 87.1 Å². The van der Waals surface area contributed by atoms with Crippen LogP contribution in [0.5, 0.6) is 0 Å². The highest BCUT2D eigenvalue weighted by Gasteiger charge is 2.17. The van der Waals surface area contributed by atoms with Gasteiger partial charge in [-0.3, -0.25) is 19.7 Å². The molecular weight excluding hydrogens is 492 g/mol. The van der Waals surface area contributed by atoms with Gasteiger partial charge in [0.25, 0.3) is 11.6 Å². The zero-order valence-electron chi connectivity index (χ0n) is 17.8. The number of nitrogens with one attached hydrogen (secondary N) is 2. The van der Waals surface area contributed by atoms with Gasteiger partial charge in [-0.2, -0.15) is 0 Å². The van der Waals surface area contributed by atoms with Gasteiger partial charge in [0, 0.05) is 33.7 Å². The van der Waals surface area contributed by atoms with Crippen LogP contribution in [0.4, 0.5) is 16.5 Å². The van der Waals surface area contributed by atoms with Crippen LogP contribution in [-0.2, 0) is 4.79 Å². The standard InChI is InChI=1S/C23H18N4O4S3/c1-14(21(28)26-23-25-19(13-33-23)20-3-2-12-32-20)34-18-10-6-16(7-11-18)24-22(29)15-4-8-17(9-5-15)27(30)31/h2-14H,1H3,(H,24,29)(H,25,26,28). The van der Waals surface area contributed by atoms with Gasteiger partial charge in [0.05, 0.1) is 20.7 Å². The molecule has 0 saturated carbocycles. The largest absolute Gasteiger partial charge is 0.322 e. The molecular formula is C23H18N4O4S3. The first-order valence-corrected chi connectivity index (χ1v) is 12.7. The number of carbonyl (C=O) groups excluding carboxylic acids is 2. The molecule has 172 valence electrons. The number of thiazole rings is 1. The Labute approximate surface area is 207 Å². The molecule has 0 aliphatic heterocycles. The molecule has 2 N–H and O–H groups in total. The van der Waals surface area contributed by atoms with Crippen LogP contribution >= 0.6 is 34.4 Å². The first-order chi connectivity index (χ1) is 16.4. The predicted octanol–water partition coefficient (Wildman–Crippen LogP) is 6.15. The molecule has 11 heteroatoms. The number of nitrogens with zero attached hydrogens (tertiary/aromatic N) is 2. The summed E-state index contributed by atoms with van der Waals surface area (Å²) in [6.07, 6.45) is 0. The summed E-state index contributed by atoms with van der Waals surface area (Å²) in [6.45, 7) is 1.82. The Morgan fingerprint density at radius 3 is 2.41 bits per heavy atom. The monoisotopic (exact) mass is 510 g/mol. The predicted molar refractivity (Wildman–Crippen MR) is 137 cm³/mol. The van der Waals surface area contributed by atoms with Crippen molar-refractivity contribution in [2.75, 3.05) is 10.6 Å². The summed E-state index contributed by atoms with van der Waals surface area (Å²) in [5.74, 6) is -0.513. The number of aromatic nitrogens is 1. The number of nitro benzene ring substituents is 1. The van der Waals surface area contributed by atoms with Crippen molar-refractivity contribution in [1.82, 2.24) is 4.98 Å². The third kappa shape index (κ3) is 5.87. The third-order valence-electron chi connectivity index (χ3n) is 4.64. The SMILES string of the molecule is CC(Sc1ccc(NC(=O)c2ccc([N+](=O)[O-])cc2)cc1)C(=O)Nc1nc(-c2cccs2)cs1. The van der Waals surface area contributed by atoms with Crippen LogP contribution in [0.1, 0.15) is 17.3 Å². The highest BCUT2D eigenvalue weighted by atomic mass is 32.2. The summed E-state index contributed by atoms with van der Waals surface area (Å²) in [4.78, 5) is 41.6. The van der Waals surface area contributed by atoms with Crippen LogP contribution in [-0.4, -0.2) is 27.0 Å². The van der Waals surface area contributed by atoms with Crippen LogP contribution in [0, 0.1) is 10.1 Å². The van der Waals surface area contributed by atoms with Gasteiger partial charge in [-0.25, -0.2) is 4.98 Å². The molecule has 4 aromatic rings. The van der Waals surface area contributed by atoms with Gasteiger partial charge in [0.1, 0.15) is 0 Å². The van der Waals surface area contributed by atoms with Crippen LogP contribution < -0.4 is 10.6 Å². The maximum Gasteiger partial charge on any atom is 0.269 e. The average Bonchev–Trinajstić information content (AvgIpc) is 3.52. The van der Waals surface area contributed by atoms with Crippen LogP contribution in [0.2, 0.25) is 0 Å². The van der Waals surface area contributed by atoms with E-state index in [1.165, 1.54) is 47.4 Å². The number of nitro groups is 1. The van der Waals surface area contributed by atoms with E-state index in [4.69, 9.17) is 0 Å². The highest BCUT2D eigenvalue weighted by molar-refractivity contribution is 8.00. The summed E-state index contributed by atoms with van der Waals surface area (Å²) >= 11 is 4.38. The minimum Gasteiger partial charge on any atom is -0.322 e. The van der Waals surface area contributed by atoms with E-state index in [1.807, 2.05) is 41.9 Å². The number of amides is 2. The Morgan fingerprint density at radius 1 is 1.03 bits per heavy atom. The second-order valence-electron chi connectivity index (χ2n) is 7.05. The molecule has 0 spiro atoms. The molecule has 0 aliphatic carbocycles. The lowest BCUT2D eigenvalue weighted by atomic mass is 10.2. The fraction of sp³-hybridized carbons (Fsp3) is 0.0870. The first kappa shape index (κ1) is 23.6. The Balaban J connectivity index is 1.30. The summed E-state index contributed by atoms with van der Waals surface area (Å²) in [5.41, 5.74) is 1.67. The van der Waals surface area contributed by atoms with Gasteiger partial charge in [0.2, 0.25) is 5.91 Å². The van der Waals surface area contributed by atoms with Crippen molar-refractivity contribution in [2.45, 2.75) is 17.1 Å². The van der Waals surface area contributed by atoms with Crippen LogP contribution in [0.15, 0.2) is 76.3 Å². The minimum atomic E-state index is -0.515. The lowest BCUT2D eigenvalue weighted by Gasteiger charge is -2.11. The minimum absolute atomic E-state index is 0.0751. The lowest BCUT2D eigenvalue weighted by Crippen LogP contribution is -2.22. The summed E-state index contributed by atoms with van der Waals surface area (Å²) in [7, 11) is 0. The summed E-state index contributed by atoms with van der Waals surface area (Å²) in [6, 6.07) is 16.5. The molecule has 0 saturated heterocycles. The Hall–Kier alpha value is -3.54. The molecule has 1 atom stereocenters. The number of carbonyl (C=O) groups is 2. The fourth-order valence-electron chi connectivity index (χ4n) is 2.89. The van der Waals surface area contributed by atoms with Gasteiger partial charge in [-0.05, 0) is 54.8 Å². The number of hydrogen-bond donors (Lipinski definition) is 2. The number of benzene rings is 2. The number of thiophene rings is 1. The van der Waals surface area contributed by atoms with E-state index in [-0.39, 0.29) is 22.8 Å². The zero-order chi connectivity index (χ0) is 24.1. The number of rotatable bonds is 8. The van der Waals surface area contributed by atoms with E-state index in [0.717, 1.165) is 15.5 Å². The second-order valence-corrected chi connectivity index (χ2v) is 10.3. The van der Waals surface area contributed by atoms with E-state index >= 15 is 0 Å². The molecule has 0 aliphatic rings. The summed E-state index contributed by atoms with van der Waals surface area (Å²) in [5, 5.41) is 20.5. The van der Waals surface area contributed by atoms with Gasteiger partial charge in [0.15, 0.2) is 5.13 Å². The molecule has 0 radical (unpaired) electrons. The molecule has 2 aromatic carbocycles. The zero-order valence-corrected chi connectivity index (χ0v) is 20.2. The molecule has 2 heterocycles. The number of anilines is 2. The fourth-order valence-corrected chi connectivity index (χ4v) is 5.23. The Bertz CT molecular complexity index is 1300. The van der Waals surface area contributed by atoms with Gasteiger partial charge in [-0.15, -0.1) is 34.4 Å². The van der Waals surface area contributed by atoms with Crippen molar-refractivity contribution >= 4 is 62.8 Å². The first-order valence-electron chi connectivity index (χ1n) is 10.0. The van der Waals surface area contributed by atoms with Crippen molar-refractivity contribution < 1.29 is 14.5 Å². The van der Waals surface area contributed by atoms with E-state index in [9.17, 15) is 19.7 Å². The maximum absolute atomic E-state index is 12.6. The molecule has 1 unspecified atom stereocenters. The normalized spacial score (nSPS) is 11.6. The molecule has 34 heavy (non-hydrogen) atoms. The number of non-ortho nitro benzene ring substituents is 1. The Kier molecular flexibility index (Phi) is 7.36. The van der Waals surface area contributed by atoms with Crippen LogP contribution in [0.3, 0.4) is 0 Å². The van der Waals surface area contributed by atoms with Crippen molar-refractivity contribution in [2.24, 2.45) is 0 Å². The average molecular weight is 511 g/mol. The van der Waals surface area contributed by atoms with Crippen molar-refractivity contribution in [3.63, 3.8) is 0 Å². The van der Waals surface area contributed by atoms with Crippen LogP contribution in [0.25, 0.3) is 10.6 Å². The van der Waals surface area contributed by atoms with E-state index in [1.54, 1.807) is 23.5 Å². The van der Waals surface area contributed by atoms with E-state index in [0.29, 0.717) is 16.4 Å². The lowest BCUT2D eigenvalue weighted by molar-refractivity contribution is -0.384. The second kappa shape index (κ2) is 10.6. The number of thioether (sulfide) groups is 1. The third-order valence-corrected chi connectivity index (χ3v) is 7.40. The molecule has 0 bridgehead atoms. The molecule has 0 fully saturated rings. The number of hydrogen-bond acceptors (Lipinski definition) is 8. The van der Waals surface area contributed by atoms with Crippen molar-refractivity contribution in [3.8, 4) is 10.6 Å². The molecule has 8 nitrogen and oxygen atoms in total. The van der Waals surface area contributed by atoms with Gasteiger partial charge in [-0.1, -0.05) is 6.07 Å². The molecule has 2 amide bonds. The topological polar surface area (TPSA) is 114 Å². The molecule has 2 aromatic heterocycles. The smallest absolute Gasteiger partial charge is 0.269 e. The van der Waals surface area contributed by atoms with Gasteiger partial charge < -0.3 is 10.6 Å². The van der Waals surface area contributed by atoms with E-state index < -0.39 is 4.92 Å². The maximum atomic E-state index is 12.6. The quantitative estimate of drug-likeness (QED) is 0.167. The van der Waals surface area contributed by atoms with Gasteiger partial charge >= 0.3 is 0 Å². The summed E-state index contributed by atoms with van der Waals surface area (Å²) < 4.78 is 0. The molecule has 4 rings (SSSR count). The highest BCUT2D eigenvalue weighted by Crippen LogP contribution is 2.30. The Morgan fingerprint density at radius 2 is 1.76 bits per heavy atom.